The highest BCUT2D eigenvalue weighted by molar-refractivity contribution is 7.89. The van der Waals surface area contributed by atoms with Gasteiger partial charge in [0, 0.05) is 6.07 Å². The van der Waals surface area contributed by atoms with Gasteiger partial charge in [0.25, 0.3) is 0 Å². The van der Waals surface area contributed by atoms with Crippen LogP contribution in [-0.2, 0) is 10.0 Å². The van der Waals surface area contributed by atoms with Crippen LogP contribution in [0.15, 0.2) is 17.0 Å². The maximum atomic E-state index is 13.3. The summed E-state index contributed by atoms with van der Waals surface area (Å²) >= 11 is 0. The van der Waals surface area contributed by atoms with Crippen LogP contribution in [0.1, 0.15) is 6.92 Å². The minimum absolute atomic E-state index is 0.157. The van der Waals surface area contributed by atoms with E-state index < -0.39 is 32.2 Å². The van der Waals surface area contributed by atoms with Gasteiger partial charge < -0.3 is 5.73 Å². The number of anilines is 1. The van der Waals surface area contributed by atoms with Crippen molar-refractivity contribution < 1.29 is 17.2 Å². The standard InChI is InChI=1S/C10H10F2N2O2S/c1-2-3-4-14-17(15,16)10-6-9(13)7(11)5-8(10)12/h5-6,14H,4,13H2,1H3. The van der Waals surface area contributed by atoms with Gasteiger partial charge in [0.2, 0.25) is 10.0 Å². The molecule has 0 fully saturated rings. The molecule has 92 valence electrons. The Kier molecular flexibility index (Phi) is 4.04. The number of nitrogens with one attached hydrogen (secondary N) is 1. The maximum absolute atomic E-state index is 13.3. The van der Waals surface area contributed by atoms with Crippen LogP contribution in [0.5, 0.6) is 0 Å². The molecule has 1 aromatic rings. The molecule has 1 aromatic carbocycles. The van der Waals surface area contributed by atoms with Crippen molar-refractivity contribution in [2.45, 2.75) is 11.8 Å². The Labute approximate surface area is 97.9 Å². The van der Waals surface area contributed by atoms with E-state index in [1.54, 1.807) is 0 Å². The van der Waals surface area contributed by atoms with Gasteiger partial charge in [-0.1, -0.05) is 5.92 Å². The molecule has 0 saturated carbocycles. The monoisotopic (exact) mass is 260 g/mol. The molecule has 3 N–H and O–H groups in total. The molecule has 0 aliphatic rings. The molecular weight excluding hydrogens is 250 g/mol. The van der Waals surface area contributed by atoms with Gasteiger partial charge in [0.15, 0.2) is 0 Å². The highest BCUT2D eigenvalue weighted by Gasteiger charge is 2.20. The van der Waals surface area contributed by atoms with Crippen molar-refractivity contribution in [2.24, 2.45) is 0 Å². The van der Waals surface area contributed by atoms with Gasteiger partial charge in [-0.05, 0) is 13.0 Å². The van der Waals surface area contributed by atoms with Crippen molar-refractivity contribution >= 4 is 15.7 Å². The van der Waals surface area contributed by atoms with Crippen molar-refractivity contribution in [2.75, 3.05) is 12.3 Å². The number of benzene rings is 1. The van der Waals surface area contributed by atoms with Crippen LogP contribution in [0.2, 0.25) is 0 Å². The summed E-state index contributed by atoms with van der Waals surface area (Å²) in [5, 5.41) is 0. The van der Waals surface area contributed by atoms with Crippen LogP contribution in [0.25, 0.3) is 0 Å². The average Bonchev–Trinajstić information content (AvgIpc) is 2.23. The number of sulfonamides is 1. The van der Waals surface area contributed by atoms with E-state index in [-0.39, 0.29) is 6.54 Å². The fourth-order valence-electron chi connectivity index (χ4n) is 1.05. The highest BCUT2D eigenvalue weighted by atomic mass is 32.2. The van der Waals surface area contributed by atoms with E-state index in [1.165, 1.54) is 6.92 Å². The second-order valence-corrected chi connectivity index (χ2v) is 4.79. The van der Waals surface area contributed by atoms with E-state index in [0.29, 0.717) is 6.07 Å². The molecule has 4 nitrogen and oxygen atoms in total. The molecule has 0 spiro atoms. The van der Waals surface area contributed by atoms with Crippen LogP contribution in [-0.4, -0.2) is 15.0 Å². The molecular formula is C10H10F2N2O2S. The summed E-state index contributed by atoms with van der Waals surface area (Å²) < 4.78 is 51.4. The third kappa shape index (κ3) is 3.15. The Morgan fingerprint density at radius 1 is 1.35 bits per heavy atom. The van der Waals surface area contributed by atoms with Crippen molar-refractivity contribution in [3.63, 3.8) is 0 Å². The molecule has 0 amide bonds. The Hall–Kier alpha value is -1.65. The number of rotatable bonds is 3. The Morgan fingerprint density at radius 2 is 2.00 bits per heavy atom. The number of nitrogens with two attached hydrogens (primary N) is 1. The fourth-order valence-corrected chi connectivity index (χ4v) is 2.06. The lowest BCUT2D eigenvalue weighted by atomic mass is 10.3. The summed E-state index contributed by atoms with van der Waals surface area (Å²) in [5.41, 5.74) is 4.74. The lowest BCUT2D eigenvalue weighted by Gasteiger charge is -2.06. The van der Waals surface area contributed by atoms with Crippen molar-refractivity contribution in [3.05, 3.63) is 23.8 Å². The molecule has 0 aliphatic heterocycles. The van der Waals surface area contributed by atoms with Crippen LogP contribution in [0, 0.1) is 23.5 Å². The molecule has 0 heterocycles. The van der Waals surface area contributed by atoms with E-state index in [2.05, 4.69) is 11.8 Å². The summed E-state index contributed by atoms with van der Waals surface area (Å²) in [6, 6.07) is 1.15. The van der Waals surface area contributed by atoms with Crippen molar-refractivity contribution in [1.82, 2.24) is 4.72 Å². The smallest absolute Gasteiger partial charge is 0.244 e. The van der Waals surface area contributed by atoms with Gasteiger partial charge in [0.1, 0.15) is 16.5 Å². The first-order valence-electron chi connectivity index (χ1n) is 4.52. The molecule has 0 aromatic heterocycles. The lowest BCUT2D eigenvalue weighted by Crippen LogP contribution is -2.25. The second kappa shape index (κ2) is 5.12. The number of nitrogen functional groups attached to an aromatic ring is 1. The molecule has 0 unspecified atom stereocenters. The first kappa shape index (κ1) is 13.4. The summed E-state index contributed by atoms with van der Waals surface area (Å²) in [5.74, 6) is 2.72. The number of halogens is 2. The Morgan fingerprint density at radius 3 is 2.59 bits per heavy atom. The Bertz CT molecular complexity index is 588. The van der Waals surface area contributed by atoms with E-state index in [0.717, 1.165) is 6.07 Å². The van der Waals surface area contributed by atoms with E-state index >= 15 is 0 Å². The van der Waals surface area contributed by atoms with E-state index in [9.17, 15) is 17.2 Å². The van der Waals surface area contributed by atoms with Crippen LogP contribution >= 0.6 is 0 Å². The SMILES string of the molecule is CC#CCNS(=O)(=O)c1cc(N)c(F)cc1F. The lowest BCUT2D eigenvalue weighted by molar-refractivity contribution is 0.546. The summed E-state index contributed by atoms with van der Waals surface area (Å²) in [7, 11) is -4.08. The summed E-state index contributed by atoms with van der Waals surface area (Å²) in [6.07, 6.45) is 0. The molecule has 0 bridgehead atoms. The molecule has 0 aliphatic carbocycles. The van der Waals surface area contributed by atoms with Gasteiger partial charge in [-0.25, -0.2) is 17.2 Å². The van der Waals surface area contributed by atoms with Gasteiger partial charge in [-0.15, -0.1) is 5.92 Å². The van der Waals surface area contributed by atoms with E-state index in [1.807, 2.05) is 4.72 Å². The largest absolute Gasteiger partial charge is 0.396 e. The summed E-state index contributed by atoms with van der Waals surface area (Å²) in [6.45, 7) is 1.38. The zero-order valence-corrected chi connectivity index (χ0v) is 9.74. The highest BCUT2D eigenvalue weighted by Crippen LogP contribution is 2.20. The molecule has 7 heteroatoms. The van der Waals surface area contributed by atoms with Gasteiger partial charge in [-0.2, -0.15) is 4.72 Å². The second-order valence-electron chi connectivity index (χ2n) is 3.06. The number of hydrogen-bond donors (Lipinski definition) is 2. The first-order chi connectivity index (χ1) is 7.88. The predicted molar refractivity (Wildman–Crippen MR) is 59.4 cm³/mol. The Balaban J connectivity index is 3.14. The van der Waals surface area contributed by atoms with Crippen molar-refractivity contribution in [1.29, 1.82) is 0 Å². The third-order valence-corrected chi connectivity index (χ3v) is 3.28. The van der Waals surface area contributed by atoms with Crippen molar-refractivity contribution in [3.8, 4) is 11.8 Å². The maximum Gasteiger partial charge on any atom is 0.244 e. The molecule has 17 heavy (non-hydrogen) atoms. The average molecular weight is 260 g/mol. The van der Waals surface area contributed by atoms with Crippen LogP contribution in [0.4, 0.5) is 14.5 Å². The van der Waals surface area contributed by atoms with Gasteiger partial charge in [-0.3, -0.25) is 0 Å². The quantitative estimate of drug-likeness (QED) is 0.625. The minimum Gasteiger partial charge on any atom is -0.396 e. The van der Waals surface area contributed by atoms with Crippen LogP contribution < -0.4 is 10.5 Å². The first-order valence-corrected chi connectivity index (χ1v) is 6.00. The fraction of sp³-hybridized carbons (Fsp3) is 0.200. The molecule has 0 saturated heterocycles. The zero-order valence-electron chi connectivity index (χ0n) is 8.92. The topological polar surface area (TPSA) is 72.2 Å². The van der Waals surface area contributed by atoms with Crippen LogP contribution in [0.3, 0.4) is 0 Å². The molecule has 0 radical (unpaired) electrons. The predicted octanol–water partition coefficient (Wildman–Crippen LogP) is 0.849. The number of hydrogen-bond acceptors (Lipinski definition) is 3. The van der Waals surface area contributed by atoms with Gasteiger partial charge >= 0.3 is 0 Å². The third-order valence-electron chi connectivity index (χ3n) is 1.87. The summed E-state index contributed by atoms with van der Waals surface area (Å²) in [4.78, 5) is -0.700. The normalized spacial score (nSPS) is 10.8. The molecule has 0 atom stereocenters. The van der Waals surface area contributed by atoms with E-state index in [4.69, 9.17) is 5.73 Å². The molecule has 1 rings (SSSR count). The van der Waals surface area contributed by atoms with Gasteiger partial charge in [0.05, 0.1) is 12.2 Å². The minimum atomic E-state index is -4.08. The zero-order chi connectivity index (χ0) is 13.1.